The fourth-order valence-corrected chi connectivity index (χ4v) is 3.80. The molecule has 3 rings (SSSR count). The van der Waals surface area contributed by atoms with Crippen LogP contribution in [-0.4, -0.2) is 35.6 Å². The maximum absolute atomic E-state index is 5.70. The zero-order chi connectivity index (χ0) is 18.4. The third-order valence-electron chi connectivity index (χ3n) is 5.27. The summed E-state index contributed by atoms with van der Waals surface area (Å²) in [5.41, 5.74) is 12.3. The van der Waals surface area contributed by atoms with Crippen LogP contribution in [0, 0.1) is 13.8 Å². The molecule has 0 aliphatic carbocycles. The van der Waals surface area contributed by atoms with Crippen LogP contribution in [0.4, 0.5) is 0 Å². The molecule has 1 aromatic carbocycles. The van der Waals surface area contributed by atoms with E-state index < -0.39 is 0 Å². The molecule has 2 aromatic rings. The van der Waals surface area contributed by atoms with Crippen molar-refractivity contribution < 1.29 is 0 Å². The van der Waals surface area contributed by atoms with Gasteiger partial charge in [0.15, 0.2) is 0 Å². The molecule has 1 aliphatic heterocycles. The van der Waals surface area contributed by atoms with Crippen molar-refractivity contribution in [3.8, 4) is 0 Å². The molecule has 0 radical (unpaired) electrons. The molecule has 0 saturated heterocycles. The summed E-state index contributed by atoms with van der Waals surface area (Å²) in [4.78, 5) is 7.24. The smallest absolute Gasteiger partial charge is 0.0573 e. The minimum atomic E-state index is 0.494. The van der Waals surface area contributed by atoms with Crippen LogP contribution in [0.2, 0.25) is 0 Å². The number of nitrogens with one attached hydrogen (secondary N) is 1. The summed E-state index contributed by atoms with van der Waals surface area (Å²) in [5.74, 6) is 0. The van der Waals surface area contributed by atoms with Gasteiger partial charge in [-0.25, -0.2) is 0 Å². The highest BCUT2D eigenvalue weighted by Crippen LogP contribution is 2.18. The molecule has 0 fully saturated rings. The fraction of sp³-hybridized carbons (Fsp3) is 0.500. The molecule has 1 aromatic heterocycles. The average Bonchev–Trinajstić information content (AvgIpc) is 2.64. The monoisotopic (exact) mass is 352 g/mol. The van der Waals surface area contributed by atoms with Crippen molar-refractivity contribution in [2.75, 3.05) is 19.6 Å². The number of rotatable bonds is 8. The second-order valence-corrected chi connectivity index (χ2v) is 7.56. The van der Waals surface area contributed by atoms with Crippen LogP contribution >= 0.6 is 0 Å². The number of hydrogen-bond acceptors (Lipinski definition) is 4. The van der Waals surface area contributed by atoms with Crippen molar-refractivity contribution in [2.24, 2.45) is 5.73 Å². The van der Waals surface area contributed by atoms with E-state index in [2.05, 4.69) is 59.4 Å². The topological polar surface area (TPSA) is 54.2 Å². The maximum Gasteiger partial charge on any atom is 0.0573 e. The van der Waals surface area contributed by atoms with Gasteiger partial charge < -0.3 is 11.1 Å². The number of aromatic nitrogens is 1. The van der Waals surface area contributed by atoms with Crippen LogP contribution in [0.3, 0.4) is 0 Å². The number of nitrogens with zero attached hydrogens (tertiary/aromatic N) is 2. The highest BCUT2D eigenvalue weighted by atomic mass is 15.2. The fourth-order valence-electron chi connectivity index (χ4n) is 3.80. The lowest BCUT2D eigenvalue weighted by Crippen LogP contribution is -2.45. The van der Waals surface area contributed by atoms with E-state index in [0.717, 1.165) is 52.0 Å². The molecule has 26 heavy (non-hydrogen) atoms. The molecule has 0 amide bonds. The lowest BCUT2D eigenvalue weighted by molar-refractivity contribution is 0.222. The lowest BCUT2D eigenvalue weighted by Gasteiger charge is -2.32. The standard InChI is InChI=1S/C22H32N4/c1-17-11-18(2)22(25-13-17)16-26(10-6-5-9-23)15-21-12-19-7-3-4-8-20(19)14-24-21/h3-4,7-8,11,13,21,24H,5-6,9-10,12,14-16,23H2,1-2H3. The van der Waals surface area contributed by atoms with Gasteiger partial charge in [0.25, 0.3) is 0 Å². The second-order valence-electron chi connectivity index (χ2n) is 7.56. The van der Waals surface area contributed by atoms with Gasteiger partial charge in [-0.2, -0.15) is 0 Å². The minimum absolute atomic E-state index is 0.494. The van der Waals surface area contributed by atoms with Crippen LogP contribution in [0.25, 0.3) is 0 Å². The van der Waals surface area contributed by atoms with Gasteiger partial charge in [0, 0.05) is 31.9 Å². The van der Waals surface area contributed by atoms with E-state index in [9.17, 15) is 0 Å². The van der Waals surface area contributed by atoms with E-state index in [1.54, 1.807) is 0 Å². The van der Waals surface area contributed by atoms with Crippen molar-refractivity contribution in [3.05, 3.63) is 64.5 Å². The van der Waals surface area contributed by atoms with E-state index in [1.807, 2.05) is 6.20 Å². The van der Waals surface area contributed by atoms with Crippen LogP contribution in [-0.2, 0) is 19.5 Å². The molecular formula is C22H32N4. The summed E-state index contributed by atoms with van der Waals surface area (Å²) in [5, 5.41) is 3.72. The average molecular weight is 353 g/mol. The molecule has 0 spiro atoms. The van der Waals surface area contributed by atoms with Crippen LogP contribution in [0.5, 0.6) is 0 Å². The van der Waals surface area contributed by atoms with E-state index in [1.165, 1.54) is 27.9 Å². The van der Waals surface area contributed by atoms with E-state index in [-0.39, 0.29) is 0 Å². The Bertz CT molecular complexity index is 713. The predicted octanol–water partition coefficient (Wildman–Crippen LogP) is 2.95. The first-order valence-electron chi connectivity index (χ1n) is 9.80. The van der Waals surface area contributed by atoms with Crippen LogP contribution in [0.1, 0.15) is 40.8 Å². The molecule has 2 heterocycles. The van der Waals surface area contributed by atoms with Crippen LogP contribution < -0.4 is 11.1 Å². The van der Waals surface area contributed by atoms with E-state index >= 15 is 0 Å². The number of hydrogen-bond donors (Lipinski definition) is 2. The first kappa shape index (κ1) is 19.0. The largest absolute Gasteiger partial charge is 0.330 e. The summed E-state index contributed by atoms with van der Waals surface area (Å²) in [6.07, 6.45) is 5.31. The Kier molecular flexibility index (Phi) is 6.78. The zero-order valence-electron chi connectivity index (χ0n) is 16.2. The van der Waals surface area contributed by atoms with Crippen molar-refractivity contribution in [1.29, 1.82) is 0 Å². The van der Waals surface area contributed by atoms with Gasteiger partial charge in [-0.3, -0.25) is 9.88 Å². The molecule has 3 N–H and O–H groups in total. The van der Waals surface area contributed by atoms with Crippen molar-refractivity contribution in [1.82, 2.24) is 15.2 Å². The van der Waals surface area contributed by atoms with E-state index in [0.29, 0.717) is 6.04 Å². The number of benzene rings is 1. The van der Waals surface area contributed by atoms with Gasteiger partial charge in [-0.1, -0.05) is 30.3 Å². The SMILES string of the molecule is Cc1cnc(CN(CCCCN)CC2Cc3ccccc3CN2)c(C)c1. The molecule has 1 atom stereocenters. The number of nitrogens with two attached hydrogens (primary N) is 1. The second kappa shape index (κ2) is 9.26. The Morgan fingerprint density at radius 3 is 2.77 bits per heavy atom. The minimum Gasteiger partial charge on any atom is -0.330 e. The van der Waals surface area contributed by atoms with Gasteiger partial charge in [0.2, 0.25) is 0 Å². The number of unbranched alkanes of at least 4 members (excludes halogenated alkanes) is 1. The lowest BCUT2D eigenvalue weighted by atomic mass is 9.95. The Labute approximate surface area is 157 Å². The highest BCUT2D eigenvalue weighted by molar-refractivity contribution is 5.30. The first-order chi connectivity index (χ1) is 12.7. The molecule has 4 nitrogen and oxygen atoms in total. The third kappa shape index (κ3) is 5.13. The Hall–Kier alpha value is -1.75. The predicted molar refractivity (Wildman–Crippen MR) is 108 cm³/mol. The quantitative estimate of drug-likeness (QED) is 0.717. The number of aryl methyl sites for hydroxylation is 2. The molecule has 0 saturated carbocycles. The third-order valence-corrected chi connectivity index (χ3v) is 5.27. The zero-order valence-corrected chi connectivity index (χ0v) is 16.2. The van der Waals surface area contributed by atoms with Crippen LogP contribution in [0.15, 0.2) is 36.5 Å². The summed E-state index contributed by atoms with van der Waals surface area (Å²) in [6.45, 7) is 9.05. The van der Waals surface area contributed by atoms with Crippen molar-refractivity contribution in [3.63, 3.8) is 0 Å². The van der Waals surface area contributed by atoms with Crippen molar-refractivity contribution in [2.45, 2.75) is 52.2 Å². The molecular weight excluding hydrogens is 320 g/mol. The van der Waals surface area contributed by atoms with E-state index in [4.69, 9.17) is 5.73 Å². The van der Waals surface area contributed by atoms with Crippen molar-refractivity contribution >= 4 is 0 Å². The summed E-state index contributed by atoms with van der Waals surface area (Å²) >= 11 is 0. The van der Waals surface area contributed by atoms with Gasteiger partial charge in [0.05, 0.1) is 5.69 Å². The number of pyridine rings is 1. The maximum atomic E-state index is 5.70. The molecule has 4 heteroatoms. The summed E-state index contributed by atoms with van der Waals surface area (Å²) < 4.78 is 0. The Morgan fingerprint density at radius 2 is 2.00 bits per heavy atom. The number of fused-ring (bicyclic) bond motifs is 1. The Morgan fingerprint density at radius 1 is 1.19 bits per heavy atom. The highest BCUT2D eigenvalue weighted by Gasteiger charge is 2.20. The Balaban J connectivity index is 1.66. The summed E-state index contributed by atoms with van der Waals surface area (Å²) in [7, 11) is 0. The van der Waals surface area contributed by atoms with Gasteiger partial charge in [-0.15, -0.1) is 0 Å². The molecule has 1 aliphatic rings. The molecule has 0 bridgehead atoms. The normalized spacial score (nSPS) is 16.7. The molecule has 1 unspecified atom stereocenters. The van der Waals surface area contributed by atoms with Gasteiger partial charge in [-0.05, 0) is 68.5 Å². The molecule has 140 valence electrons. The first-order valence-corrected chi connectivity index (χ1v) is 9.80. The summed E-state index contributed by atoms with van der Waals surface area (Å²) in [6, 6.07) is 11.5. The van der Waals surface area contributed by atoms with Gasteiger partial charge >= 0.3 is 0 Å². The van der Waals surface area contributed by atoms with Gasteiger partial charge in [0.1, 0.15) is 0 Å².